The number of aromatic amines is 1. The van der Waals surface area contributed by atoms with Gasteiger partial charge < -0.3 is 14.8 Å². The molecule has 3 rings (SSSR count). The van der Waals surface area contributed by atoms with E-state index in [4.69, 9.17) is 9.47 Å². The van der Waals surface area contributed by atoms with E-state index < -0.39 is 0 Å². The monoisotopic (exact) mass is 418 g/mol. The molecule has 29 heavy (non-hydrogen) atoms. The van der Waals surface area contributed by atoms with Crippen molar-refractivity contribution in [2.24, 2.45) is 0 Å². The Kier molecular flexibility index (Phi) is 7.97. The number of ether oxygens (including phenoxy) is 2. The first-order valence-electron chi connectivity index (χ1n) is 9.90. The van der Waals surface area contributed by atoms with E-state index in [9.17, 15) is 4.79 Å². The smallest absolute Gasteiger partial charge is 0.254 e. The molecular weight excluding hydrogens is 388 g/mol. The number of benzene rings is 1. The van der Waals surface area contributed by atoms with Crippen LogP contribution in [0.4, 0.5) is 0 Å². The van der Waals surface area contributed by atoms with Gasteiger partial charge in [-0.2, -0.15) is 5.10 Å². The molecule has 1 aliphatic heterocycles. The Morgan fingerprint density at radius 2 is 2.28 bits per heavy atom. The first kappa shape index (κ1) is 21.7. The maximum absolute atomic E-state index is 12.5. The van der Waals surface area contributed by atoms with E-state index in [-0.39, 0.29) is 11.8 Å². The van der Waals surface area contributed by atoms with Crippen LogP contribution in [0, 0.1) is 0 Å². The Morgan fingerprint density at radius 3 is 3.03 bits per heavy atom. The molecule has 7 nitrogen and oxygen atoms in total. The van der Waals surface area contributed by atoms with E-state index in [1.807, 2.05) is 0 Å². The van der Waals surface area contributed by atoms with Crippen LogP contribution >= 0.6 is 11.8 Å². The van der Waals surface area contributed by atoms with E-state index >= 15 is 0 Å². The molecule has 1 saturated heterocycles. The fourth-order valence-electron chi connectivity index (χ4n) is 3.82. The summed E-state index contributed by atoms with van der Waals surface area (Å²) in [6.45, 7) is 3.80. The molecule has 2 aromatic rings. The van der Waals surface area contributed by atoms with Crippen LogP contribution in [0.1, 0.15) is 40.4 Å². The van der Waals surface area contributed by atoms with Crippen LogP contribution in [-0.4, -0.2) is 67.7 Å². The predicted molar refractivity (Wildman–Crippen MR) is 115 cm³/mol. The number of hydrogen-bond donors (Lipinski definition) is 2. The number of hydrogen-bond acceptors (Lipinski definition) is 6. The standard InChI is InChI=1S/C21H30N4O3S/c1-27-10-8-22-21(26)17-12-23-24-20(17)16-5-4-9-25(14-16)13-15-6-7-19(29-3)18(11-15)28-2/h6-7,11-12,16H,4-5,8-10,13-14H2,1-3H3,(H,22,26)(H,23,24)/t16-/m1/s1. The second-order valence-corrected chi connectivity index (χ2v) is 8.06. The molecule has 2 heterocycles. The molecule has 1 aromatic heterocycles. The average Bonchev–Trinajstić information content (AvgIpc) is 3.24. The zero-order chi connectivity index (χ0) is 20.6. The number of methoxy groups -OCH3 is 2. The zero-order valence-corrected chi connectivity index (χ0v) is 18.2. The summed E-state index contributed by atoms with van der Waals surface area (Å²) in [5.74, 6) is 1.09. The summed E-state index contributed by atoms with van der Waals surface area (Å²) in [5, 5.41) is 10.1. The average molecular weight is 419 g/mol. The topological polar surface area (TPSA) is 79.5 Å². The van der Waals surface area contributed by atoms with Crippen molar-refractivity contribution in [3.8, 4) is 5.75 Å². The second-order valence-electron chi connectivity index (χ2n) is 7.21. The van der Waals surface area contributed by atoms with Crippen LogP contribution in [0.15, 0.2) is 29.3 Å². The van der Waals surface area contributed by atoms with Crippen LogP contribution in [-0.2, 0) is 11.3 Å². The molecular formula is C21H30N4O3S. The van der Waals surface area contributed by atoms with Crippen LogP contribution in [0.2, 0.25) is 0 Å². The third-order valence-electron chi connectivity index (χ3n) is 5.27. The van der Waals surface area contributed by atoms with E-state index in [1.165, 1.54) is 5.56 Å². The number of H-pyrrole nitrogens is 1. The summed E-state index contributed by atoms with van der Waals surface area (Å²) in [7, 11) is 3.34. The van der Waals surface area contributed by atoms with Crippen LogP contribution in [0.5, 0.6) is 5.75 Å². The molecule has 1 fully saturated rings. The summed E-state index contributed by atoms with van der Waals surface area (Å²) >= 11 is 1.69. The van der Waals surface area contributed by atoms with Crippen molar-refractivity contribution in [1.29, 1.82) is 0 Å². The molecule has 158 valence electrons. The number of carbonyl (C=O) groups excluding carboxylic acids is 1. The summed E-state index contributed by atoms with van der Waals surface area (Å²) in [6, 6.07) is 6.42. The minimum atomic E-state index is -0.0969. The number of amides is 1. The van der Waals surface area contributed by atoms with Crippen LogP contribution < -0.4 is 10.1 Å². The maximum Gasteiger partial charge on any atom is 0.254 e. The van der Waals surface area contributed by atoms with Gasteiger partial charge in [0.15, 0.2) is 0 Å². The lowest BCUT2D eigenvalue weighted by Crippen LogP contribution is -2.35. The summed E-state index contributed by atoms with van der Waals surface area (Å²) < 4.78 is 10.5. The van der Waals surface area contributed by atoms with E-state index in [0.717, 1.165) is 48.8 Å². The number of thioether (sulfide) groups is 1. The number of piperidine rings is 1. The minimum Gasteiger partial charge on any atom is -0.496 e. The molecule has 0 bridgehead atoms. The largest absolute Gasteiger partial charge is 0.496 e. The summed E-state index contributed by atoms with van der Waals surface area (Å²) in [5.41, 5.74) is 2.81. The normalized spacial score (nSPS) is 17.3. The zero-order valence-electron chi connectivity index (χ0n) is 17.4. The highest BCUT2D eigenvalue weighted by Gasteiger charge is 2.27. The molecule has 0 radical (unpaired) electrons. The highest BCUT2D eigenvalue weighted by Crippen LogP contribution is 2.31. The molecule has 0 aliphatic carbocycles. The molecule has 2 N–H and O–H groups in total. The summed E-state index contributed by atoms with van der Waals surface area (Å²) in [6.07, 6.45) is 5.82. The number of nitrogens with one attached hydrogen (secondary N) is 2. The number of likely N-dealkylation sites (tertiary alicyclic amines) is 1. The lowest BCUT2D eigenvalue weighted by molar-refractivity contribution is 0.0934. The Bertz CT molecular complexity index is 811. The third kappa shape index (κ3) is 5.52. The van der Waals surface area contributed by atoms with Gasteiger partial charge in [-0.05, 0) is 43.3 Å². The van der Waals surface area contributed by atoms with Gasteiger partial charge >= 0.3 is 0 Å². The highest BCUT2D eigenvalue weighted by molar-refractivity contribution is 7.98. The molecule has 1 amide bonds. The Hall–Kier alpha value is -2.03. The lowest BCUT2D eigenvalue weighted by atomic mass is 9.92. The van der Waals surface area contributed by atoms with Gasteiger partial charge in [-0.3, -0.25) is 14.8 Å². The molecule has 0 saturated carbocycles. The van der Waals surface area contributed by atoms with Crippen molar-refractivity contribution < 1.29 is 14.3 Å². The number of carbonyl (C=O) groups is 1. The highest BCUT2D eigenvalue weighted by atomic mass is 32.2. The Balaban J connectivity index is 1.66. The van der Waals surface area contributed by atoms with E-state index in [2.05, 4.69) is 44.9 Å². The quantitative estimate of drug-likeness (QED) is 0.482. The van der Waals surface area contributed by atoms with Gasteiger partial charge in [0.1, 0.15) is 5.75 Å². The van der Waals surface area contributed by atoms with Gasteiger partial charge in [-0.15, -0.1) is 11.8 Å². The summed E-state index contributed by atoms with van der Waals surface area (Å²) in [4.78, 5) is 16.1. The molecule has 0 spiro atoms. The Labute approximate surface area is 176 Å². The minimum absolute atomic E-state index is 0.0969. The van der Waals surface area contributed by atoms with Gasteiger partial charge in [0.2, 0.25) is 0 Å². The third-order valence-corrected chi connectivity index (χ3v) is 6.05. The first-order valence-corrected chi connectivity index (χ1v) is 11.1. The van der Waals surface area contributed by atoms with Gasteiger partial charge in [0.25, 0.3) is 5.91 Å². The fourth-order valence-corrected chi connectivity index (χ4v) is 4.37. The SMILES string of the molecule is COCCNC(=O)c1cn[nH]c1[C@@H]1CCCN(Cc2ccc(SC)c(OC)c2)C1. The second kappa shape index (κ2) is 10.7. The van der Waals surface area contributed by atoms with Gasteiger partial charge in [0.05, 0.1) is 31.2 Å². The van der Waals surface area contributed by atoms with Gasteiger partial charge in [0, 0.05) is 37.6 Å². The fraction of sp³-hybridized carbons (Fsp3) is 0.524. The molecule has 1 aliphatic rings. The lowest BCUT2D eigenvalue weighted by Gasteiger charge is -2.32. The van der Waals surface area contributed by atoms with E-state index in [0.29, 0.717) is 18.7 Å². The van der Waals surface area contributed by atoms with E-state index in [1.54, 1.807) is 32.2 Å². The van der Waals surface area contributed by atoms with Crippen LogP contribution in [0.25, 0.3) is 0 Å². The van der Waals surface area contributed by atoms with Crippen molar-refractivity contribution in [3.05, 3.63) is 41.2 Å². The van der Waals surface area contributed by atoms with Crippen molar-refractivity contribution in [1.82, 2.24) is 20.4 Å². The number of nitrogens with zero attached hydrogens (tertiary/aromatic N) is 2. The van der Waals surface area contributed by atoms with Crippen molar-refractivity contribution in [2.75, 3.05) is 46.7 Å². The van der Waals surface area contributed by atoms with Crippen LogP contribution in [0.3, 0.4) is 0 Å². The van der Waals surface area contributed by atoms with Gasteiger partial charge in [-0.25, -0.2) is 0 Å². The molecule has 1 atom stereocenters. The molecule has 0 unspecified atom stereocenters. The Morgan fingerprint density at radius 1 is 1.41 bits per heavy atom. The molecule has 8 heteroatoms. The van der Waals surface area contributed by atoms with Crippen molar-refractivity contribution in [3.63, 3.8) is 0 Å². The predicted octanol–water partition coefficient (Wildman–Crippen LogP) is 2.90. The van der Waals surface area contributed by atoms with Crippen molar-refractivity contribution in [2.45, 2.75) is 30.2 Å². The first-order chi connectivity index (χ1) is 14.2. The maximum atomic E-state index is 12.5. The molecule has 1 aromatic carbocycles. The van der Waals surface area contributed by atoms with Crippen molar-refractivity contribution >= 4 is 17.7 Å². The number of rotatable bonds is 9. The number of aromatic nitrogens is 2. The van der Waals surface area contributed by atoms with Gasteiger partial charge in [-0.1, -0.05) is 6.07 Å².